The Bertz CT molecular complexity index is 593. The molecule has 2 amide bonds. The summed E-state index contributed by atoms with van der Waals surface area (Å²) in [4.78, 5) is 23.8. The lowest BCUT2D eigenvalue weighted by atomic mass is 10.0. The second-order valence-corrected chi connectivity index (χ2v) is 5.54. The molecule has 0 saturated carbocycles. The number of nitrogens with zero attached hydrogens (tertiary/aromatic N) is 1. The van der Waals surface area contributed by atoms with E-state index in [1.54, 1.807) is 0 Å². The molecule has 1 aromatic rings. The van der Waals surface area contributed by atoms with Crippen molar-refractivity contribution in [3.8, 4) is 0 Å². The number of hydrogen-bond acceptors (Lipinski definition) is 2. The summed E-state index contributed by atoms with van der Waals surface area (Å²) in [5.41, 5.74) is -0.303. The first kappa shape index (κ1) is 17.5. The van der Waals surface area contributed by atoms with E-state index in [9.17, 15) is 27.2 Å². The monoisotopic (exact) mass is 352 g/mol. The van der Waals surface area contributed by atoms with Gasteiger partial charge in [0, 0.05) is 19.1 Å². The molecule has 23 heavy (non-hydrogen) atoms. The second-order valence-electron chi connectivity index (χ2n) is 5.13. The van der Waals surface area contributed by atoms with Crippen LogP contribution in [-0.2, 0) is 4.79 Å². The summed E-state index contributed by atoms with van der Waals surface area (Å²) in [5.74, 6) is -3.40. The van der Waals surface area contributed by atoms with E-state index >= 15 is 0 Å². The molecule has 1 N–H and O–H groups in total. The number of carbonyl (C=O) groups is 2. The van der Waals surface area contributed by atoms with Crippen molar-refractivity contribution >= 4 is 23.4 Å². The molecule has 2 rings (SSSR count). The van der Waals surface area contributed by atoms with E-state index < -0.39 is 29.8 Å². The normalized spacial score (nSPS) is 16.3. The summed E-state index contributed by atoms with van der Waals surface area (Å²) in [5, 5.41) is 2.48. The summed E-state index contributed by atoms with van der Waals surface area (Å²) >= 11 is 5.78. The molecule has 4 nitrogen and oxygen atoms in total. The van der Waals surface area contributed by atoms with Crippen LogP contribution in [0.3, 0.4) is 0 Å². The third-order valence-corrected chi connectivity index (χ3v) is 3.86. The Hall–Kier alpha value is -1.83. The molecule has 1 fully saturated rings. The van der Waals surface area contributed by atoms with Gasteiger partial charge in [0.1, 0.15) is 5.82 Å². The standard InChI is InChI=1S/C14H13ClF4N2O2/c15-9-2-1-3-10(16)11(9)12(22)20-8-4-6-21(7-5-8)13(23)14(17,18)19/h1-3,8H,4-7H2,(H,20,22). The molecule has 0 aromatic heterocycles. The van der Waals surface area contributed by atoms with E-state index in [0.717, 1.165) is 6.07 Å². The zero-order chi connectivity index (χ0) is 17.2. The first-order valence-electron chi connectivity index (χ1n) is 6.81. The molecule has 0 atom stereocenters. The average molecular weight is 353 g/mol. The number of rotatable bonds is 2. The van der Waals surface area contributed by atoms with Crippen LogP contribution in [0.2, 0.25) is 5.02 Å². The summed E-state index contributed by atoms with van der Waals surface area (Å²) < 4.78 is 50.6. The van der Waals surface area contributed by atoms with Gasteiger partial charge in [-0.25, -0.2) is 4.39 Å². The topological polar surface area (TPSA) is 49.4 Å². The molecule has 126 valence electrons. The van der Waals surface area contributed by atoms with Crippen molar-refractivity contribution in [1.29, 1.82) is 0 Å². The van der Waals surface area contributed by atoms with Crippen molar-refractivity contribution in [3.05, 3.63) is 34.6 Å². The van der Waals surface area contributed by atoms with Crippen LogP contribution in [0.1, 0.15) is 23.2 Å². The van der Waals surface area contributed by atoms with Crippen molar-refractivity contribution in [2.24, 2.45) is 0 Å². The maximum atomic E-state index is 13.6. The molecule has 0 unspecified atom stereocenters. The van der Waals surface area contributed by atoms with Crippen LogP contribution in [0.5, 0.6) is 0 Å². The van der Waals surface area contributed by atoms with E-state index in [1.807, 2.05) is 0 Å². The summed E-state index contributed by atoms with van der Waals surface area (Å²) in [6.07, 6.45) is -4.60. The molecule has 1 heterocycles. The number of halogens is 5. The maximum absolute atomic E-state index is 13.6. The largest absolute Gasteiger partial charge is 0.471 e. The van der Waals surface area contributed by atoms with Gasteiger partial charge in [0.2, 0.25) is 0 Å². The van der Waals surface area contributed by atoms with Gasteiger partial charge >= 0.3 is 12.1 Å². The lowest BCUT2D eigenvalue weighted by Gasteiger charge is -2.32. The number of hydrogen-bond donors (Lipinski definition) is 1. The van der Waals surface area contributed by atoms with Gasteiger partial charge in [0.05, 0.1) is 10.6 Å². The first-order valence-corrected chi connectivity index (χ1v) is 7.19. The van der Waals surface area contributed by atoms with Gasteiger partial charge in [-0.2, -0.15) is 13.2 Å². The predicted octanol–water partition coefficient (Wildman–Crippen LogP) is 2.76. The molecule has 9 heteroatoms. The minimum Gasteiger partial charge on any atom is -0.349 e. The molecule has 0 radical (unpaired) electrons. The maximum Gasteiger partial charge on any atom is 0.471 e. The van der Waals surface area contributed by atoms with Crippen LogP contribution in [-0.4, -0.2) is 42.0 Å². The molecule has 1 aliphatic rings. The number of nitrogens with one attached hydrogen (secondary N) is 1. The molecule has 0 spiro atoms. The van der Waals surface area contributed by atoms with Crippen LogP contribution >= 0.6 is 11.6 Å². The first-order chi connectivity index (χ1) is 10.7. The van der Waals surface area contributed by atoms with Crippen molar-refractivity contribution in [1.82, 2.24) is 10.2 Å². The highest BCUT2D eigenvalue weighted by atomic mass is 35.5. The van der Waals surface area contributed by atoms with Gasteiger partial charge in [-0.05, 0) is 25.0 Å². The Morgan fingerprint density at radius 3 is 2.35 bits per heavy atom. The summed E-state index contributed by atoms with van der Waals surface area (Å²) in [6.45, 7) is -0.261. The van der Waals surface area contributed by atoms with Crippen molar-refractivity contribution < 1.29 is 27.2 Å². The third-order valence-electron chi connectivity index (χ3n) is 3.55. The zero-order valence-corrected chi connectivity index (χ0v) is 12.5. The Labute approximate surface area is 134 Å². The van der Waals surface area contributed by atoms with E-state index in [2.05, 4.69) is 5.32 Å². The van der Waals surface area contributed by atoms with Gasteiger partial charge in [0.15, 0.2) is 0 Å². The Kier molecular flexibility index (Phi) is 5.13. The van der Waals surface area contributed by atoms with E-state index in [4.69, 9.17) is 11.6 Å². The highest BCUT2D eigenvalue weighted by molar-refractivity contribution is 6.33. The van der Waals surface area contributed by atoms with E-state index in [1.165, 1.54) is 12.1 Å². The quantitative estimate of drug-likeness (QED) is 0.832. The molecule has 1 aromatic carbocycles. The highest BCUT2D eigenvalue weighted by Crippen LogP contribution is 2.23. The minimum absolute atomic E-state index is 0.0489. The lowest BCUT2D eigenvalue weighted by molar-refractivity contribution is -0.186. The molecular weight excluding hydrogens is 340 g/mol. The molecule has 1 saturated heterocycles. The number of amides is 2. The van der Waals surface area contributed by atoms with Gasteiger partial charge in [-0.3, -0.25) is 9.59 Å². The molecule has 0 bridgehead atoms. The number of carbonyl (C=O) groups excluding carboxylic acids is 2. The highest BCUT2D eigenvalue weighted by Gasteiger charge is 2.43. The molecular formula is C14H13ClF4N2O2. The van der Waals surface area contributed by atoms with Crippen molar-refractivity contribution in [2.45, 2.75) is 25.1 Å². The molecule has 0 aliphatic carbocycles. The van der Waals surface area contributed by atoms with E-state index in [-0.39, 0.29) is 36.5 Å². The third kappa shape index (κ3) is 4.13. The van der Waals surface area contributed by atoms with Crippen LogP contribution in [0.25, 0.3) is 0 Å². The van der Waals surface area contributed by atoms with Gasteiger partial charge in [-0.1, -0.05) is 17.7 Å². The minimum atomic E-state index is -4.91. The van der Waals surface area contributed by atoms with Crippen LogP contribution < -0.4 is 5.32 Å². The van der Waals surface area contributed by atoms with E-state index in [0.29, 0.717) is 4.90 Å². The number of benzene rings is 1. The SMILES string of the molecule is O=C(NC1CCN(C(=O)C(F)(F)F)CC1)c1c(F)cccc1Cl. The lowest BCUT2D eigenvalue weighted by Crippen LogP contribution is -2.50. The van der Waals surface area contributed by atoms with Gasteiger partial charge in [-0.15, -0.1) is 0 Å². The summed E-state index contributed by atoms with van der Waals surface area (Å²) in [6, 6.07) is 3.36. The predicted molar refractivity (Wildman–Crippen MR) is 74.5 cm³/mol. The summed E-state index contributed by atoms with van der Waals surface area (Å²) in [7, 11) is 0. The van der Waals surface area contributed by atoms with Crippen molar-refractivity contribution in [2.75, 3.05) is 13.1 Å². The van der Waals surface area contributed by atoms with Gasteiger partial charge < -0.3 is 10.2 Å². The number of piperidine rings is 1. The fraction of sp³-hybridized carbons (Fsp3) is 0.429. The Balaban J connectivity index is 1.94. The Morgan fingerprint density at radius 2 is 1.83 bits per heavy atom. The fourth-order valence-electron chi connectivity index (χ4n) is 2.38. The van der Waals surface area contributed by atoms with Crippen LogP contribution in [0.15, 0.2) is 18.2 Å². The zero-order valence-electron chi connectivity index (χ0n) is 11.8. The van der Waals surface area contributed by atoms with Gasteiger partial charge in [0.25, 0.3) is 5.91 Å². The fourth-order valence-corrected chi connectivity index (χ4v) is 2.63. The van der Waals surface area contributed by atoms with Crippen LogP contribution in [0, 0.1) is 5.82 Å². The average Bonchev–Trinajstić information content (AvgIpc) is 2.46. The smallest absolute Gasteiger partial charge is 0.349 e. The van der Waals surface area contributed by atoms with Crippen molar-refractivity contribution in [3.63, 3.8) is 0 Å². The second kappa shape index (κ2) is 6.74. The van der Waals surface area contributed by atoms with Crippen LogP contribution in [0.4, 0.5) is 17.6 Å². The molecule has 1 aliphatic heterocycles. The Morgan fingerprint density at radius 1 is 1.22 bits per heavy atom. The number of likely N-dealkylation sites (tertiary alicyclic amines) is 1. The number of alkyl halides is 3.